The van der Waals surface area contributed by atoms with E-state index in [0.717, 1.165) is 11.1 Å². The molecule has 0 fully saturated rings. The summed E-state index contributed by atoms with van der Waals surface area (Å²) >= 11 is 0. The van der Waals surface area contributed by atoms with E-state index in [9.17, 15) is 14.0 Å². The quantitative estimate of drug-likeness (QED) is 0.570. The fourth-order valence-electron chi connectivity index (χ4n) is 3.11. The van der Waals surface area contributed by atoms with Crippen LogP contribution in [0.4, 0.5) is 4.39 Å². The molecule has 0 unspecified atom stereocenters. The highest BCUT2D eigenvalue weighted by Crippen LogP contribution is 2.16. The van der Waals surface area contributed by atoms with Gasteiger partial charge in [0.05, 0.1) is 0 Å². The van der Waals surface area contributed by atoms with Crippen molar-refractivity contribution in [3.8, 4) is 0 Å². The summed E-state index contributed by atoms with van der Waals surface area (Å²) in [5, 5.41) is 11.8. The molecule has 0 aliphatic rings. The van der Waals surface area contributed by atoms with E-state index in [4.69, 9.17) is 5.11 Å². The van der Waals surface area contributed by atoms with Gasteiger partial charge in [0.25, 0.3) is 0 Å². The van der Waals surface area contributed by atoms with E-state index in [2.05, 4.69) is 5.32 Å². The van der Waals surface area contributed by atoms with Gasteiger partial charge in [0, 0.05) is 32.5 Å². The standard InChI is InChI=1S/C23H29FN2O3/c1-2-7-22(28)26(17-19-10-12-20(24)13-11-19)21(23(29)25-14-6-15-27)16-18-8-4-3-5-9-18/h3-5,8-13,21,27H,2,6-7,14-17H2,1H3,(H,25,29)/t21-/m1/s1. The van der Waals surface area contributed by atoms with Crippen LogP contribution in [0, 0.1) is 5.82 Å². The Balaban J connectivity index is 2.30. The molecule has 2 amide bonds. The first-order valence-corrected chi connectivity index (χ1v) is 10.0. The van der Waals surface area contributed by atoms with E-state index in [1.54, 1.807) is 17.0 Å². The average Bonchev–Trinajstić information content (AvgIpc) is 2.73. The van der Waals surface area contributed by atoms with Crippen molar-refractivity contribution in [2.24, 2.45) is 0 Å². The second kappa shape index (κ2) is 12.0. The van der Waals surface area contributed by atoms with Crippen molar-refractivity contribution in [1.82, 2.24) is 10.2 Å². The van der Waals surface area contributed by atoms with Crippen molar-refractivity contribution >= 4 is 11.8 Å². The van der Waals surface area contributed by atoms with Crippen LogP contribution >= 0.6 is 0 Å². The Morgan fingerprint density at radius 2 is 1.76 bits per heavy atom. The molecule has 0 bridgehead atoms. The first-order chi connectivity index (χ1) is 14.0. The molecule has 0 aromatic heterocycles. The second-order valence-corrected chi connectivity index (χ2v) is 6.97. The number of hydrogen-bond acceptors (Lipinski definition) is 3. The predicted molar refractivity (Wildman–Crippen MR) is 111 cm³/mol. The maximum Gasteiger partial charge on any atom is 0.243 e. The molecule has 6 heteroatoms. The molecule has 0 spiro atoms. The second-order valence-electron chi connectivity index (χ2n) is 6.97. The van der Waals surface area contributed by atoms with Crippen molar-refractivity contribution in [2.75, 3.05) is 13.2 Å². The third-order valence-corrected chi connectivity index (χ3v) is 4.64. The average molecular weight is 400 g/mol. The van der Waals surface area contributed by atoms with Gasteiger partial charge >= 0.3 is 0 Å². The van der Waals surface area contributed by atoms with Gasteiger partial charge in [-0.1, -0.05) is 49.4 Å². The van der Waals surface area contributed by atoms with Gasteiger partial charge < -0.3 is 15.3 Å². The molecule has 156 valence electrons. The Kier molecular flexibility index (Phi) is 9.31. The summed E-state index contributed by atoms with van der Waals surface area (Å²) in [5.74, 6) is -0.716. The Labute approximate surface area is 171 Å². The minimum Gasteiger partial charge on any atom is -0.396 e. The van der Waals surface area contributed by atoms with E-state index in [1.165, 1.54) is 12.1 Å². The normalized spacial score (nSPS) is 11.7. The van der Waals surface area contributed by atoms with E-state index in [0.29, 0.717) is 32.2 Å². The minimum absolute atomic E-state index is 0.0162. The van der Waals surface area contributed by atoms with Crippen molar-refractivity contribution in [3.63, 3.8) is 0 Å². The highest BCUT2D eigenvalue weighted by Gasteiger charge is 2.29. The molecule has 1 atom stereocenters. The number of rotatable bonds is 11. The maximum atomic E-state index is 13.3. The third kappa shape index (κ3) is 7.31. The first kappa shape index (κ1) is 22.6. The zero-order valence-corrected chi connectivity index (χ0v) is 16.8. The molecule has 0 radical (unpaired) electrons. The van der Waals surface area contributed by atoms with Crippen LogP contribution in [-0.2, 0) is 22.6 Å². The molecular weight excluding hydrogens is 371 g/mol. The van der Waals surface area contributed by atoms with Gasteiger partial charge in [-0.15, -0.1) is 0 Å². The summed E-state index contributed by atoms with van der Waals surface area (Å²) in [6.07, 6.45) is 1.83. The SMILES string of the molecule is CCCC(=O)N(Cc1ccc(F)cc1)[C@H](Cc1ccccc1)C(=O)NCCCO. The topological polar surface area (TPSA) is 69.6 Å². The fraction of sp³-hybridized carbons (Fsp3) is 0.391. The van der Waals surface area contributed by atoms with Crippen LogP contribution in [0.25, 0.3) is 0 Å². The number of amides is 2. The number of hydrogen-bond donors (Lipinski definition) is 2. The molecule has 2 rings (SSSR count). The monoisotopic (exact) mass is 400 g/mol. The molecule has 2 N–H and O–H groups in total. The van der Waals surface area contributed by atoms with Crippen LogP contribution < -0.4 is 5.32 Å². The van der Waals surface area contributed by atoms with E-state index >= 15 is 0 Å². The number of aliphatic hydroxyl groups is 1. The Bertz CT molecular complexity index is 765. The minimum atomic E-state index is -0.694. The van der Waals surface area contributed by atoms with Gasteiger partial charge in [0.2, 0.25) is 11.8 Å². The van der Waals surface area contributed by atoms with Crippen LogP contribution in [0.5, 0.6) is 0 Å². The van der Waals surface area contributed by atoms with E-state index in [-0.39, 0.29) is 30.8 Å². The molecule has 0 aliphatic carbocycles. The Hall–Kier alpha value is -2.73. The molecule has 2 aromatic rings. The number of aliphatic hydroxyl groups excluding tert-OH is 1. The molecule has 29 heavy (non-hydrogen) atoms. The predicted octanol–water partition coefficient (Wildman–Crippen LogP) is 3.06. The van der Waals surface area contributed by atoms with Gasteiger partial charge in [0.15, 0.2) is 0 Å². The largest absolute Gasteiger partial charge is 0.396 e. The summed E-state index contributed by atoms with van der Waals surface area (Å²) in [6, 6.07) is 14.8. The van der Waals surface area contributed by atoms with Crippen LogP contribution in [0.2, 0.25) is 0 Å². The number of carbonyl (C=O) groups is 2. The lowest BCUT2D eigenvalue weighted by Crippen LogP contribution is -2.50. The van der Waals surface area contributed by atoms with Crippen molar-refractivity contribution < 1.29 is 19.1 Å². The highest BCUT2D eigenvalue weighted by molar-refractivity contribution is 5.88. The lowest BCUT2D eigenvalue weighted by molar-refractivity contribution is -0.141. The zero-order chi connectivity index (χ0) is 21.1. The first-order valence-electron chi connectivity index (χ1n) is 10.0. The maximum absolute atomic E-state index is 13.3. The molecule has 5 nitrogen and oxygen atoms in total. The summed E-state index contributed by atoms with van der Waals surface area (Å²) in [6.45, 7) is 2.47. The van der Waals surface area contributed by atoms with Gasteiger partial charge in [-0.3, -0.25) is 9.59 Å². The molecule has 2 aromatic carbocycles. The number of carbonyl (C=O) groups excluding carboxylic acids is 2. The molecular formula is C23H29FN2O3. The van der Waals surface area contributed by atoms with Crippen LogP contribution in [0.15, 0.2) is 54.6 Å². The molecule has 0 saturated heterocycles. The van der Waals surface area contributed by atoms with E-state index in [1.807, 2.05) is 37.3 Å². The summed E-state index contributed by atoms with van der Waals surface area (Å²) < 4.78 is 13.3. The van der Waals surface area contributed by atoms with Crippen molar-refractivity contribution in [2.45, 2.75) is 45.2 Å². The molecule has 0 heterocycles. The summed E-state index contributed by atoms with van der Waals surface area (Å²) in [4.78, 5) is 27.5. The molecule has 0 saturated carbocycles. The van der Waals surface area contributed by atoms with Crippen LogP contribution in [0.1, 0.15) is 37.3 Å². The van der Waals surface area contributed by atoms with Gasteiger partial charge in [-0.25, -0.2) is 4.39 Å². The number of benzene rings is 2. The van der Waals surface area contributed by atoms with Crippen LogP contribution in [0.3, 0.4) is 0 Å². The van der Waals surface area contributed by atoms with Crippen molar-refractivity contribution in [1.29, 1.82) is 0 Å². The summed E-state index contributed by atoms with van der Waals surface area (Å²) in [7, 11) is 0. The zero-order valence-electron chi connectivity index (χ0n) is 16.8. The molecule has 0 aliphatic heterocycles. The Morgan fingerprint density at radius 1 is 1.07 bits per heavy atom. The lowest BCUT2D eigenvalue weighted by Gasteiger charge is -2.31. The van der Waals surface area contributed by atoms with E-state index < -0.39 is 6.04 Å². The third-order valence-electron chi connectivity index (χ3n) is 4.64. The smallest absolute Gasteiger partial charge is 0.243 e. The van der Waals surface area contributed by atoms with Gasteiger partial charge in [-0.2, -0.15) is 0 Å². The number of nitrogens with zero attached hydrogens (tertiary/aromatic N) is 1. The van der Waals surface area contributed by atoms with Gasteiger partial charge in [-0.05, 0) is 36.1 Å². The van der Waals surface area contributed by atoms with Gasteiger partial charge in [0.1, 0.15) is 11.9 Å². The Morgan fingerprint density at radius 3 is 2.38 bits per heavy atom. The summed E-state index contributed by atoms with van der Waals surface area (Å²) in [5.41, 5.74) is 1.71. The van der Waals surface area contributed by atoms with Crippen LogP contribution in [-0.4, -0.2) is 41.0 Å². The fourth-order valence-corrected chi connectivity index (χ4v) is 3.11. The lowest BCUT2D eigenvalue weighted by atomic mass is 10.0. The number of halogens is 1. The highest BCUT2D eigenvalue weighted by atomic mass is 19.1. The number of nitrogens with one attached hydrogen (secondary N) is 1. The van der Waals surface area contributed by atoms with Crippen molar-refractivity contribution in [3.05, 3.63) is 71.5 Å².